The largest absolute Gasteiger partial charge is 0.481 e. The van der Waals surface area contributed by atoms with Gasteiger partial charge in [-0.25, -0.2) is 4.98 Å². The van der Waals surface area contributed by atoms with Gasteiger partial charge in [-0.2, -0.15) is 0 Å². The van der Waals surface area contributed by atoms with E-state index >= 15 is 0 Å². The molecule has 0 aliphatic carbocycles. The fraction of sp³-hybridized carbons (Fsp3) is 0.200. The Morgan fingerprint density at radius 1 is 1.35 bits per heavy atom. The van der Waals surface area contributed by atoms with Crippen LogP contribution in [-0.4, -0.2) is 18.0 Å². The molecule has 104 valence electrons. The molecule has 0 fully saturated rings. The topological polar surface area (TPSA) is 77.2 Å². The van der Waals surface area contributed by atoms with Crippen LogP contribution < -0.4 is 15.8 Å². The number of nitrogen functional groups attached to an aromatic ring is 1. The van der Waals surface area contributed by atoms with Crippen molar-refractivity contribution in [3.05, 3.63) is 53.2 Å². The Labute approximate surface area is 117 Å². The van der Waals surface area contributed by atoms with Gasteiger partial charge in [-0.3, -0.25) is 4.79 Å². The SMILES string of the molecule is COc1ccc(CNC(=O)c2ccc(N)c(C)c2)cn1. The average molecular weight is 271 g/mol. The molecule has 5 heteroatoms. The first kappa shape index (κ1) is 13.9. The van der Waals surface area contributed by atoms with Crippen LogP contribution in [0.15, 0.2) is 36.5 Å². The predicted octanol–water partition coefficient (Wildman–Crippen LogP) is 1.91. The molecular weight excluding hydrogens is 254 g/mol. The fourth-order valence-electron chi connectivity index (χ4n) is 1.74. The Bertz CT molecular complexity index is 609. The number of nitrogens with one attached hydrogen (secondary N) is 1. The van der Waals surface area contributed by atoms with Crippen molar-refractivity contribution in [2.75, 3.05) is 12.8 Å². The van der Waals surface area contributed by atoms with E-state index in [9.17, 15) is 4.79 Å². The highest BCUT2D eigenvalue weighted by atomic mass is 16.5. The lowest BCUT2D eigenvalue weighted by atomic mass is 10.1. The minimum atomic E-state index is -0.135. The molecule has 0 spiro atoms. The second-order valence-electron chi connectivity index (χ2n) is 4.46. The minimum Gasteiger partial charge on any atom is -0.481 e. The van der Waals surface area contributed by atoms with E-state index in [1.165, 1.54) is 0 Å². The van der Waals surface area contributed by atoms with Crippen molar-refractivity contribution in [2.45, 2.75) is 13.5 Å². The summed E-state index contributed by atoms with van der Waals surface area (Å²) < 4.78 is 4.98. The van der Waals surface area contributed by atoms with E-state index in [-0.39, 0.29) is 5.91 Å². The second-order valence-corrected chi connectivity index (χ2v) is 4.46. The van der Waals surface area contributed by atoms with E-state index in [2.05, 4.69) is 10.3 Å². The average Bonchev–Trinajstić information content (AvgIpc) is 2.48. The van der Waals surface area contributed by atoms with Crippen molar-refractivity contribution in [1.29, 1.82) is 0 Å². The summed E-state index contributed by atoms with van der Waals surface area (Å²) in [4.78, 5) is 16.1. The molecule has 2 aromatic rings. The highest BCUT2D eigenvalue weighted by Gasteiger charge is 2.06. The van der Waals surface area contributed by atoms with Gasteiger partial charge in [0.2, 0.25) is 5.88 Å². The number of pyridine rings is 1. The van der Waals surface area contributed by atoms with Crippen LogP contribution in [0.2, 0.25) is 0 Å². The third-order valence-corrected chi connectivity index (χ3v) is 2.99. The standard InChI is InChI=1S/C15H17N3O2/c1-10-7-12(4-5-13(10)16)15(19)18-9-11-3-6-14(20-2)17-8-11/h3-8H,9,16H2,1-2H3,(H,18,19). The quantitative estimate of drug-likeness (QED) is 0.833. The van der Waals surface area contributed by atoms with Crippen molar-refractivity contribution >= 4 is 11.6 Å². The molecule has 2 rings (SSSR count). The maximum absolute atomic E-state index is 12.0. The third kappa shape index (κ3) is 3.26. The van der Waals surface area contributed by atoms with Gasteiger partial charge in [-0.05, 0) is 36.2 Å². The van der Waals surface area contributed by atoms with Crippen molar-refractivity contribution < 1.29 is 9.53 Å². The summed E-state index contributed by atoms with van der Waals surface area (Å²) in [5.74, 6) is 0.415. The number of hydrogen-bond acceptors (Lipinski definition) is 4. The Kier molecular flexibility index (Phi) is 4.20. The Morgan fingerprint density at radius 2 is 2.15 bits per heavy atom. The van der Waals surface area contributed by atoms with Crippen LogP contribution in [0.3, 0.4) is 0 Å². The van der Waals surface area contributed by atoms with Crippen molar-refractivity contribution in [3.63, 3.8) is 0 Å². The summed E-state index contributed by atoms with van der Waals surface area (Å²) in [5, 5.41) is 2.84. The summed E-state index contributed by atoms with van der Waals surface area (Å²) >= 11 is 0. The maximum Gasteiger partial charge on any atom is 0.251 e. The first-order valence-electron chi connectivity index (χ1n) is 6.23. The molecule has 1 heterocycles. The number of ether oxygens (including phenoxy) is 1. The van der Waals surface area contributed by atoms with Gasteiger partial charge in [0.15, 0.2) is 0 Å². The highest BCUT2D eigenvalue weighted by molar-refractivity contribution is 5.94. The molecule has 0 aliphatic heterocycles. The zero-order valence-corrected chi connectivity index (χ0v) is 11.5. The number of anilines is 1. The van der Waals surface area contributed by atoms with Gasteiger partial charge in [-0.1, -0.05) is 6.07 Å². The van der Waals surface area contributed by atoms with E-state index in [1.807, 2.05) is 13.0 Å². The Morgan fingerprint density at radius 3 is 2.75 bits per heavy atom. The predicted molar refractivity (Wildman–Crippen MR) is 77.6 cm³/mol. The summed E-state index contributed by atoms with van der Waals surface area (Å²) in [6.45, 7) is 2.29. The number of aryl methyl sites for hydroxylation is 1. The molecule has 0 bridgehead atoms. The molecule has 20 heavy (non-hydrogen) atoms. The van der Waals surface area contributed by atoms with Crippen LogP contribution in [0.5, 0.6) is 5.88 Å². The number of nitrogens with two attached hydrogens (primary N) is 1. The van der Waals surface area contributed by atoms with Gasteiger partial charge in [0.1, 0.15) is 0 Å². The number of amides is 1. The lowest BCUT2D eigenvalue weighted by molar-refractivity contribution is 0.0951. The number of nitrogens with zero attached hydrogens (tertiary/aromatic N) is 1. The molecule has 0 saturated carbocycles. The van der Waals surface area contributed by atoms with Crippen LogP contribution in [0, 0.1) is 6.92 Å². The summed E-state index contributed by atoms with van der Waals surface area (Å²) in [7, 11) is 1.56. The Balaban J connectivity index is 1.98. The summed E-state index contributed by atoms with van der Waals surface area (Å²) in [5.41, 5.74) is 8.81. The molecule has 0 radical (unpaired) electrons. The second kappa shape index (κ2) is 6.06. The van der Waals surface area contributed by atoms with Gasteiger partial charge in [0.25, 0.3) is 5.91 Å². The molecule has 0 aliphatic rings. The van der Waals surface area contributed by atoms with Gasteiger partial charge in [0.05, 0.1) is 7.11 Å². The monoisotopic (exact) mass is 271 g/mol. The van der Waals surface area contributed by atoms with Crippen molar-refractivity contribution in [3.8, 4) is 5.88 Å². The molecule has 1 amide bonds. The molecule has 5 nitrogen and oxygen atoms in total. The van der Waals surface area contributed by atoms with Crippen molar-refractivity contribution in [1.82, 2.24) is 10.3 Å². The molecule has 0 atom stereocenters. The summed E-state index contributed by atoms with van der Waals surface area (Å²) in [6, 6.07) is 8.84. The lowest BCUT2D eigenvalue weighted by Gasteiger charge is -2.07. The molecule has 1 aromatic heterocycles. The lowest BCUT2D eigenvalue weighted by Crippen LogP contribution is -2.23. The molecule has 1 aromatic carbocycles. The van der Waals surface area contributed by atoms with Crippen LogP contribution >= 0.6 is 0 Å². The number of hydrogen-bond donors (Lipinski definition) is 2. The molecule has 0 saturated heterocycles. The van der Waals surface area contributed by atoms with Crippen LogP contribution in [-0.2, 0) is 6.54 Å². The van der Waals surface area contributed by atoms with E-state index in [4.69, 9.17) is 10.5 Å². The first-order valence-corrected chi connectivity index (χ1v) is 6.23. The van der Waals surface area contributed by atoms with Crippen molar-refractivity contribution in [2.24, 2.45) is 0 Å². The van der Waals surface area contributed by atoms with Gasteiger partial charge >= 0.3 is 0 Å². The van der Waals surface area contributed by atoms with Crippen LogP contribution in [0.4, 0.5) is 5.69 Å². The normalized spacial score (nSPS) is 10.1. The molecule has 3 N–H and O–H groups in total. The number of aromatic nitrogens is 1. The van der Waals surface area contributed by atoms with Gasteiger partial charge in [-0.15, -0.1) is 0 Å². The zero-order chi connectivity index (χ0) is 14.5. The number of carbonyl (C=O) groups excluding carboxylic acids is 1. The van der Waals surface area contributed by atoms with E-state index in [0.717, 1.165) is 11.1 Å². The van der Waals surface area contributed by atoms with E-state index in [1.54, 1.807) is 37.6 Å². The minimum absolute atomic E-state index is 0.135. The third-order valence-electron chi connectivity index (χ3n) is 2.99. The Hall–Kier alpha value is -2.56. The number of rotatable bonds is 4. The smallest absolute Gasteiger partial charge is 0.251 e. The van der Waals surface area contributed by atoms with Crippen LogP contribution in [0.1, 0.15) is 21.5 Å². The van der Waals surface area contributed by atoms with E-state index in [0.29, 0.717) is 23.7 Å². The maximum atomic E-state index is 12.0. The first-order chi connectivity index (χ1) is 9.60. The van der Waals surface area contributed by atoms with Gasteiger partial charge in [0, 0.05) is 30.1 Å². The number of methoxy groups -OCH3 is 1. The molecule has 0 unspecified atom stereocenters. The number of benzene rings is 1. The molecular formula is C15H17N3O2. The van der Waals surface area contributed by atoms with E-state index < -0.39 is 0 Å². The fourth-order valence-corrected chi connectivity index (χ4v) is 1.74. The summed E-state index contributed by atoms with van der Waals surface area (Å²) in [6.07, 6.45) is 1.67. The van der Waals surface area contributed by atoms with Gasteiger partial charge < -0.3 is 15.8 Å². The van der Waals surface area contributed by atoms with Crippen LogP contribution in [0.25, 0.3) is 0 Å². The number of carbonyl (C=O) groups is 1. The zero-order valence-electron chi connectivity index (χ0n) is 11.5. The highest BCUT2D eigenvalue weighted by Crippen LogP contribution is 2.13.